The van der Waals surface area contributed by atoms with Crippen LogP contribution in [0.4, 0.5) is 0 Å². The molecule has 0 spiro atoms. The van der Waals surface area contributed by atoms with E-state index < -0.39 is 0 Å². The molecule has 0 aromatic carbocycles. The Morgan fingerprint density at radius 2 is 2.09 bits per heavy atom. The first-order valence-electron chi connectivity index (χ1n) is 4.14. The lowest BCUT2D eigenvalue weighted by Gasteiger charge is -2.21. The zero-order chi connectivity index (χ0) is 8.74. The first kappa shape index (κ1) is 10.9. The van der Waals surface area contributed by atoms with Gasteiger partial charge in [-0.15, -0.1) is 0 Å². The highest BCUT2D eigenvalue weighted by atomic mass is 16.3. The lowest BCUT2D eigenvalue weighted by molar-refractivity contribution is 0.157. The molecule has 0 rings (SSSR count). The van der Waals surface area contributed by atoms with E-state index in [0.717, 1.165) is 26.1 Å². The summed E-state index contributed by atoms with van der Waals surface area (Å²) < 4.78 is 0. The predicted octanol–water partition coefficient (Wildman–Crippen LogP) is -0.0567. The predicted molar refractivity (Wildman–Crippen MR) is 47.4 cm³/mol. The van der Waals surface area contributed by atoms with Crippen molar-refractivity contribution in [3.8, 4) is 0 Å². The van der Waals surface area contributed by atoms with Gasteiger partial charge >= 0.3 is 0 Å². The molecule has 0 aliphatic heterocycles. The van der Waals surface area contributed by atoms with Crippen molar-refractivity contribution < 1.29 is 5.11 Å². The topological polar surface area (TPSA) is 58.3 Å². The van der Waals surface area contributed by atoms with Gasteiger partial charge in [0.15, 0.2) is 0 Å². The van der Waals surface area contributed by atoms with Crippen molar-refractivity contribution >= 4 is 0 Å². The number of aliphatic hydroxyl groups is 1. The van der Waals surface area contributed by atoms with E-state index in [4.69, 9.17) is 10.8 Å². The minimum Gasteiger partial charge on any atom is -0.396 e. The summed E-state index contributed by atoms with van der Waals surface area (Å²) in [7, 11) is 0. The average Bonchev–Trinajstić information content (AvgIpc) is 1.99. The number of aliphatic hydroxyl groups excluding tert-OH is 1. The molecular formula is C8H20N2O. The van der Waals surface area contributed by atoms with Crippen molar-refractivity contribution in [2.24, 2.45) is 11.1 Å². The van der Waals surface area contributed by atoms with Crippen LogP contribution in [-0.4, -0.2) is 31.3 Å². The average molecular weight is 160 g/mol. The summed E-state index contributed by atoms with van der Waals surface area (Å²) in [5, 5.41) is 12.1. The maximum absolute atomic E-state index is 8.89. The van der Waals surface area contributed by atoms with Crippen molar-refractivity contribution in [1.29, 1.82) is 0 Å². The first-order chi connectivity index (χ1) is 5.12. The maximum Gasteiger partial charge on any atom is 0.0494 e. The molecule has 0 unspecified atom stereocenters. The van der Waals surface area contributed by atoms with Crippen LogP contribution in [0.2, 0.25) is 0 Å². The van der Waals surface area contributed by atoms with Gasteiger partial charge in [0.05, 0.1) is 0 Å². The smallest absolute Gasteiger partial charge is 0.0494 e. The van der Waals surface area contributed by atoms with Gasteiger partial charge in [-0.1, -0.05) is 13.8 Å². The van der Waals surface area contributed by atoms with Crippen molar-refractivity contribution in [3.63, 3.8) is 0 Å². The van der Waals surface area contributed by atoms with E-state index in [1.54, 1.807) is 0 Å². The van der Waals surface area contributed by atoms with Crippen LogP contribution in [0.25, 0.3) is 0 Å². The summed E-state index contributed by atoms with van der Waals surface area (Å²) in [5.74, 6) is 0. The fourth-order valence-electron chi connectivity index (χ4n) is 0.710. The summed E-state index contributed by atoms with van der Waals surface area (Å²) in [6.45, 7) is 6.81. The Hall–Kier alpha value is -0.120. The van der Waals surface area contributed by atoms with E-state index in [0.29, 0.717) is 0 Å². The van der Waals surface area contributed by atoms with Gasteiger partial charge in [0, 0.05) is 18.6 Å². The summed E-state index contributed by atoms with van der Waals surface area (Å²) in [6.07, 6.45) is 1.00. The maximum atomic E-state index is 8.89. The molecule has 0 saturated heterocycles. The van der Waals surface area contributed by atoms with E-state index >= 15 is 0 Å². The lowest BCUT2D eigenvalue weighted by atomic mass is 9.95. The Labute approximate surface area is 69.0 Å². The normalized spacial score (nSPS) is 12.0. The van der Waals surface area contributed by atoms with Gasteiger partial charge in [0.1, 0.15) is 0 Å². The summed E-state index contributed by atoms with van der Waals surface area (Å²) >= 11 is 0. The molecule has 0 fully saturated rings. The van der Waals surface area contributed by atoms with Crippen LogP contribution in [0.5, 0.6) is 0 Å². The van der Waals surface area contributed by atoms with Crippen LogP contribution in [0.3, 0.4) is 0 Å². The number of nitrogens with one attached hydrogen (secondary N) is 1. The van der Waals surface area contributed by atoms with Crippen molar-refractivity contribution in [3.05, 3.63) is 0 Å². The molecule has 0 saturated carbocycles. The third-order valence-corrected chi connectivity index (χ3v) is 1.59. The highest BCUT2D eigenvalue weighted by Gasteiger charge is 2.14. The monoisotopic (exact) mass is 160 g/mol. The molecular weight excluding hydrogens is 140 g/mol. The Balaban J connectivity index is 3.23. The molecule has 4 N–H and O–H groups in total. The third-order valence-electron chi connectivity index (χ3n) is 1.59. The van der Waals surface area contributed by atoms with Gasteiger partial charge in [0.2, 0.25) is 0 Å². The second kappa shape index (κ2) is 5.52. The molecule has 11 heavy (non-hydrogen) atoms. The van der Waals surface area contributed by atoms with Crippen molar-refractivity contribution in [2.45, 2.75) is 20.3 Å². The van der Waals surface area contributed by atoms with Crippen LogP contribution < -0.4 is 11.1 Å². The zero-order valence-corrected chi connectivity index (χ0v) is 7.56. The fourth-order valence-corrected chi connectivity index (χ4v) is 0.710. The van der Waals surface area contributed by atoms with Gasteiger partial charge in [0.25, 0.3) is 0 Å². The molecule has 0 aliphatic carbocycles. The second-order valence-electron chi connectivity index (χ2n) is 3.64. The van der Waals surface area contributed by atoms with Crippen LogP contribution in [0, 0.1) is 5.41 Å². The number of rotatable bonds is 6. The molecule has 68 valence electrons. The summed E-state index contributed by atoms with van der Waals surface area (Å²) in [6, 6.07) is 0. The molecule has 0 radical (unpaired) electrons. The molecule has 0 aliphatic rings. The third kappa shape index (κ3) is 6.28. The highest BCUT2D eigenvalue weighted by Crippen LogP contribution is 2.10. The molecule has 0 aromatic rings. The molecule has 0 atom stereocenters. The van der Waals surface area contributed by atoms with E-state index in [9.17, 15) is 0 Å². The molecule has 3 heteroatoms. The number of hydrogen-bond acceptors (Lipinski definition) is 3. The van der Waals surface area contributed by atoms with Gasteiger partial charge < -0.3 is 16.2 Å². The zero-order valence-electron chi connectivity index (χ0n) is 7.56. The molecule has 0 bridgehead atoms. The van der Waals surface area contributed by atoms with Crippen LogP contribution in [0.15, 0.2) is 0 Å². The van der Waals surface area contributed by atoms with E-state index in [-0.39, 0.29) is 12.0 Å². The van der Waals surface area contributed by atoms with Gasteiger partial charge in [-0.05, 0) is 19.5 Å². The fraction of sp³-hybridized carbons (Fsp3) is 1.00. The molecule has 0 amide bonds. The largest absolute Gasteiger partial charge is 0.396 e. The molecule has 0 heterocycles. The molecule has 0 aromatic heterocycles. The SMILES string of the molecule is CC(C)(CO)CNCCCN. The van der Waals surface area contributed by atoms with Crippen LogP contribution >= 0.6 is 0 Å². The number of hydrogen-bond donors (Lipinski definition) is 3. The summed E-state index contributed by atoms with van der Waals surface area (Å²) in [4.78, 5) is 0. The van der Waals surface area contributed by atoms with Gasteiger partial charge in [-0.25, -0.2) is 0 Å². The standard InChI is InChI=1S/C8H20N2O/c1-8(2,7-11)6-10-5-3-4-9/h10-11H,3-7,9H2,1-2H3. The van der Waals surface area contributed by atoms with Crippen molar-refractivity contribution in [1.82, 2.24) is 5.32 Å². The second-order valence-corrected chi connectivity index (χ2v) is 3.64. The van der Waals surface area contributed by atoms with E-state index in [2.05, 4.69) is 5.32 Å². The minimum absolute atomic E-state index is 0.00536. The Bertz CT molecular complexity index is 94.1. The Morgan fingerprint density at radius 3 is 2.55 bits per heavy atom. The quantitative estimate of drug-likeness (QED) is 0.477. The van der Waals surface area contributed by atoms with Crippen LogP contribution in [0.1, 0.15) is 20.3 Å². The lowest BCUT2D eigenvalue weighted by Crippen LogP contribution is -2.33. The van der Waals surface area contributed by atoms with Gasteiger partial charge in [-0.3, -0.25) is 0 Å². The minimum atomic E-state index is -0.00536. The van der Waals surface area contributed by atoms with E-state index in [1.165, 1.54) is 0 Å². The Kier molecular flexibility index (Phi) is 5.46. The molecule has 3 nitrogen and oxygen atoms in total. The highest BCUT2D eigenvalue weighted by molar-refractivity contribution is 4.69. The van der Waals surface area contributed by atoms with Crippen molar-refractivity contribution in [2.75, 3.05) is 26.2 Å². The van der Waals surface area contributed by atoms with Crippen LogP contribution in [-0.2, 0) is 0 Å². The van der Waals surface area contributed by atoms with E-state index in [1.807, 2.05) is 13.8 Å². The number of nitrogens with two attached hydrogens (primary N) is 1. The Morgan fingerprint density at radius 1 is 1.45 bits per heavy atom. The first-order valence-corrected chi connectivity index (χ1v) is 4.14. The summed E-state index contributed by atoms with van der Waals surface area (Å²) in [5.41, 5.74) is 5.32. The van der Waals surface area contributed by atoms with Gasteiger partial charge in [-0.2, -0.15) is 0 Å².